The molecule has 4 rings (SSSR count). The van der Waals surface area contributed by atoms with E-state index < -0.39 is 36.7 Å². The topological polar surface area (TPSA) is 51.7 Å². The maximum atomic E-state index is 14.5. The lowest BCUT2D eigenvalue weighted by Gasteiger charge is -2.38. The van der Waals surface area contributed by atoms with Gasteiger partial charge >= 0.3 is 0 Å². The molecule has 3 aromatic rings. The summed E-state index contributed by atoms with van der Waals surface area (Å²) < 4.78 is 53.7. The molecule has 0 radical (unpaired) electrons. The summed E-state index contributed by atoms with van der Waals surface area (Å²) in [7, 11) is 1.39. The Balaban J connectivity index is 0.00000272. The average molecular weight is 453 g/mol. The van der Waals surface area contributed by atoms with E-state index in [0.29, 0.717) is 11.3 Å². The fourth-order valence-electron chi connectivity index (χ4n) is 3.40. The van der Waals surface area contributed by atoms with Crippen LogP contribution in [0.2, 0.25) is 0 Å². The van der Waals surface area contributed by atoms with Crippen LogP contribution in [0.1, 0.15) is 16.8 Å². The first kappa shape index (κ1) is 22.7. The molecule has 0 bridgehead atoms. The number of aromatic nitrogens is 1. The molecule has 0 spiro atoms. The van der Waals surface area contributed by atoms with E-state index in [0.717, 1.165) is 11.5 Å². The van der Waals surface area contributed by atoms with Gasteiger partial charge in [0.2, 0.25) is 5.88 Å². The predicted molar refractivity (Wildman–Crippen MR) is 112 cm³/mol. The summed E-state index contributed by atoms with van der Waals surface area (Å²) in [6, 6.07) is 14.2. The fourth-order valence-corrected chi connectivity index (χ4v) is 3.40. The molecule has 0 aliphatic carbocycles. The highest BCUT2D eigenvalue weighted by molar-refractivity contribution is 5.95. The smallest absolute Gasteiger partial charge is 0.287 e. The van der Waals surface area contributed by atoms with Crippen molar-refractivity contribution in [3.05, 3.63) is 66.0 Å². The first-order chi connectivity index (χ1) is 14.4. The van der Waals surface area contributed by atoms with Gasteiger partial charge in [-0.15, -0.1) is 12.4 Å². The van der Waals surface area contributed by atoms with Crippen LogP contribution in [0.3, 0.4) is 0 Å². The molecule has 0 unspecified atom stereocenters. The highest BCUT2D eigenvalue weighted by Gasteiger charge is 2.47. The number of hydrogen-bond acceptors (Lipinski definition) is 4. The SMILES string of the molecule is COc1ccc(F)c(C(=O)N2CCC(F)(F)[C@@H](Oc3ccc4ccccc4n3)C2)c1.Cl. The van der Waals surface area contributed by atoms with Gasteiger partial charge in [-0.1, -0.05) is 18.2 Å². The van der Waals surface area contributed by atoms with Gasteiger partial charge in [-0.05, 0) is 30.3 Å². The van der Waals surface area contributed by atoms with Crippen LogP contribution in [-0.2, 0) is 0 Å². The number of likely N-dealkylation sites (tertiary alicyclic amines) is 1. The van der Waals surface area contributed by atoms with Gasteiger partial charge in [0.25, 0.3) is 11.8 Å². The van der Waals surface area contributed by atoms with Gasteiger partial charge in [0.05, 0.1) is 24.7 Å². The van der Waals surface area contributed by atoms with Crippen molar-refractivity contribution in [2.45, 2.75) is 18.4 Å². The summed E-state index contributed by atoms with van der Waals surface area (Å²) in [5, 5.41) is 0.852. The number of ether oxygens (including phenoxy) is 2. The maximum Gasteiger partial charge on any atom is 0.287 e. The van der Waals surface area contributed by atoms with E-state index in [2.05, 4.69) is 4.98 Å². The number of amides is 1. The van der Waals surface area contributed by atoms with E-state index in [4.69, 9.17) is 9.47 Å². The number of para-hydroxylation sites is 1. The van der Waals surface area contributed by atoms with E-state index >= 15 is 0 Å². The second kappa shape index (κ2) is 9.01. The number of carbonyl (C=O) groups is 1. The second-order valence-corrected chi connectivity index (χ2v) is 7.06. The molecule has 0 N–H and O–H groups in total. The number of halogens is 4. The van der Waals surface area contributed by atoms with Gasteiger partial charge in [0, 0.05) is 24.4 Å². The third-order valence-electron chi connectivity index (χ3n) is 5.10. The summed E-state index contributed by atoms with van der Waals surface area (Å²) in [6.07, 6.45) is -2.19. The van der Waals surface area contributed by atoms with Crippen LogP contribution >= 0.6 is 12.4 Å². The van der Waals surface area contributed by atoms with Gasteiger partial charge < -0.3 is 14.4 Å². The van der Waals surface area contributed by atoms with Crippen LogP contribution in [0.5, 0.6) is 11.6 Å². The first-order valence-electron chi connectivity index (χ1n) is 9.40. The molecule has 1 atom stereocenters. The molecule has 2 aromatic carbocycles. The predicted octanol–water partition coefficient (Wildman–Crippen LogP) is 4.73. The Morgan fingerprint density at radius 1 is 1.16 bits per heavy atom. The molecule has 1 amide bonds. The zero-order valence-corrected chi connectivity index (χ0v) is 17.4. The number of benzene rings is 2. The first-order valence-corrected chi connectivity index (χ1v) is 9.40. The van der Waals surface area contributed by atoms with Crippen LogP contribution < -0.4 is 9.47 Å². The molecular formula is C22H20ClF3N2O3. The van der Waals surface area contributed by atoms with Crippen LogP contribution in [0.25, 0.3) is 10.9 Å². The van der Waals surface area contributed by atoms with Gasteiger partial charge in [-0.3, -0.25) is 4.79 Å². The molecular weight excluding hydrogens is 433 g/mol. The standard InChI is InChI=1S/C22H19F3N2O3.ClH/c1-29-15-7-8-17(23)16(12-15)21(28)27-11-10-22(24,25)19(13-27)30-20-9-6-14-4-2-3-5-18(14)26-20;/h2-9,12,19H,10-11,13H2,1H3;1H/t19-;/m0./s1. The number of carbonyl (C=O) groups excluding carboxylic acids is 1. The van der Waals surface area contributed by atoms with Gasteiger partial charge in [0.1, 0.15) is 11.6 Å². The summed E-state index contributed by atoms with van der Waals surface area (Å²) >= 11 is 0. The summed E-state index contributed by atoms with van der Waals surface area (Å²) in [4.78, 5) is 18.2. The van der Waals surface area contributed by atoms with Crippen LogP contribution in [0.4, 0.5) is 13.2 Å². The van der Waals surface area contributed by atoms with Gasteiger partial charge in [-0.25, -0.2) is 18.2 Å². The minimum atomic E-state index is -3.16. The van der Waals surface area contributed by atoms with Crippen molar-refractivity contribution in [3.63, 3.8) is 0 Å². The zero-order valence-electron chi connectivity index (χ0n) is 16.6. The monoisotopic (exact) mass is 452 g/mol. The molecule has 1 aliphatic heterocycles. The lowest BCUT2D eigenvalue weighted by atomic mass is 10.0. The van der Waals surface area contributed by atoms with Gasteiger partial charge in [-0.2, -0.15) is 0 Å². The molecule has 31 heavy (non-hydrogen) atoms. The number of hydrogen-bond donors (Lipinski definition) is 0. The second-order valence-electron chi connectivity index (χ2n) is 7.06. The lowest BCUT2D eigenvalue weighted by molar-refractivity contribution is -0.131. The molecule has 1 fully saturated rings. The largest absolute Gasteiger partial charge is 0.497 e. The number of methoxy groups -OCH3 is 1. The third kappa shape index (κ3) is 4.69. The van der Waals surface area contributed by atoms with E-state index in [1.165, 1.54) is 30.2 Å². The molecule has 2 heterocycles. The van der Waals surface area contributed by atoms with Crippen LogP contribution in [-0.4, -0.2) is 48.0 Å². The van der Waals surface area contributed by atoms with Crippen molar-refractivity contribution in [2.75, 3.05) is 20.2 Å². The number of fused-ring (bicyclic) bond motifs is 1. The summed E-state index contributed by atoms with van der Waals surface area (Å²) in [5.74, 6) is -4.25. The Hall–Kier alpha value is -3.00. The lowest BCUT2D eigenvalue weighted by Crippen LogP contribution is -2.55. The quantitative estimate of drug-likeness (QED) is 0.574. The minimum Gasteiger partial charge on any atom is -0.497 e. The minimum absolute atomic E-state index is 0. The summed E-state index contributed by atoms with van der Waals surface area (Å²) in [6.45, 7) is -0.607. The zero-order chi connectivity index (χ0) is 21.3. The number of pyridine rings is 1. The van der Waals surface area contributed by atoms with E-state index in [9.17, 15) is 18.0 Å². The molecule has 0 saturated carbocycles. The number of rotatable bonds is 4. The Morgan fingerprint density at radius 2 is 1.94 bits per heavy atom. The number of alkyl halides is 2. The van der Waals surface area contributed by atoms with Crippen molar-refractivity contribution in [1.29, 1.82) is 0 Å². The highest BCUT2D eigenvalue weighted by atomic mass is 35.5. The van der Waals surface area contributed by atoms with Crippen molar-refractivity contribution >= 4 is 29.2 Å². The molecule has 5 nitrogen and oxygen atoms in total. The molecule has 9 heteroatoms. The van der Waals surface area contributed by atoms with E-state index in [-0.39, 0.29) is 30.4 Å². The Morgan fingerprint density at radius 3 is 2.71 bits per heavy atom. The van der Waals surface area contributed by atoms with Crippen LogP contribution in [0.15, 0.2) is 54.6 Å². The number of nitrogens with zero attached hydrogens (tertiary/aromatic N) is 2. The van der Waals surface area contributed by atoms with Crippen molar-refractivity contribution in [3.8, 4) is 11.6 Å². The fraction of sp³-hybridized carbons (Fsp3) is 0.273. The number of piperidine rings is 1. The molecule has 1 aliphatic rings. The molecule has 164 valence electrons. The highest BCUT2D eigenvalue weighted by Crippen LogP contribution is 2.33. The molecule has 1 aromatic heterocycles. The van der Waals surface area contributed by atoms with Gasteiger partial charge in [0.15, 0.2) is 6.10 Å². The maximum absolute atomic E-state index is 14.5. The third-order valence-corrected chi connectivity index (χ3v) is 5.10. The normalized spacial score (nSPS) is 17.7. The Kier molecular flexibility index (Phi) is 6.59. The van der Waals surface area contributed by atoms with E-state index in [1.807, 2.05) is 12.1 Å². The van der Waals surface area contributed by atoms with Crippen LogP contribution in [0, 0.1) is 5.82 Å². The van der Waals surface area contributed by atoms with Crippen molar-refractivity contribution in [2.24, 2.45) is 0 Å². The summed E-state index contributed by atoms with van der Waals surface area (Å²) in [5.41, 5.74) is 0.377. The Labute approximate surface area is 183 Å². The van der Waals surface area contributed by atoms with E-state index in [1.54, 1.807) is 18.2 Å². The molecule has 1 saturated heterocycles. The average Bonchev–Trinajstić information content (AvgIpc) is 2.75. The van der Waals surface area contributed by atoms with Crippen molar-refractivity contribution < 1.29 is 27.4 Å². The van der Waals surface area contributed by atoms with Crippen molar-refractivity contribution in [1.82, 2.24) is 9.88 Å². The Bertz CT molecular complexity index is 1100.